The number of anilines is 1. The summed E-state index contributed by atoms with van der Waals surface area (Å²) in [6.45, 7) is 0.392. The average molecular weight is 440 g/mol. The van der Waals surface area contributed by atoms with Crippen LogP contribution in [0.2, 0.25) is 5.02 Å². The van der Waals surface area contributed by atoms with Gasteiger partial charge in [0, 0.05) is 28.3 Å². The molecule has 146 valence electrons. The molecule has 0 bridgehead atoms. The van der Waals surface area contributed by atoms with Crippen molar-refractivity contribution in [2.75, 3.05) is 10.7 Å². The molecule has 0 saturated heterocycles. The molecule has 0 spiro atoms. The number of benzene rings is 2. The lowest BCUT2D eigenvalue weighted by molar-refractivity contribution is -0.118. The lowest BCUT2D eigenvalue weighted by atomic mass is 10.3. The quantitative estimate of drug-likeness (QED) is 0.328. The number of fused-ring (bicyclic) bond motifs is 1. The normalized spacial score (nSPS) is 10.9. The van der Waals surface area contributed by atoms with Gasteiger partial charge in [0.15, 0.2) is 5.13 Å². The van der Waals surface area contributed by atoms with Gasteiger partial charge in [0.1, 0.15) is 0 Å². The molecule has 29 heavy (non-hydrogen) atoms. The standard InChI is InChI=1S/C22H18ClN3OS2/c23-16-9-10-19-20(14-16)29-22(25-19)26(15-17-6-4-5-12-24-17)21(27)11-13-28-18-7-2-1-3-8-18/h1-10,12,14H,11,13,15H2. The Labute approximate surface area is 182 Å². The van der Waals surface area contributed by atoms with Gasteiger partial charge in [-0.15, -0.1) is 11.8 Å². The van der Waals surface area contributed by atoms with E-state index in [1.807, 2.05) is 54.6 Å². The highest BCUT2D eigenvalue weighted by atomic mass is 35.5. The third-order valence-corrected chi connectivity index (χ3v) is 6.54. The Morgan fingerprint density at radius 2 is 1.90 bits per heavy atom. The molecule has 0 fully saturated rings. The third-order valence-electron chi connectivity index (χ3n) is 4.25. The Morgan fingerprint density at radius 3 is 2.69 bits per heavy atom. The zero-order valence-corrected chi connectivity index (χ0v) is 17.9. The molecule has 0 aliphatic carbocycles. The Kier molecular flexibility index (Phi) is 6.44. The van der Waals surface area contributed by atoms with E-state index in [1.54, 1.807) is 22.9 Å². The highest BCUT2D eigenvalue weighted by molar-refractivity contribution is 7.99. The van der Waals surface area contributed by atoms with Crippen molar-refractivity contribution in [2.45, 2.75) is 17.9 Å². The fourth-order valence-corrected chi connectivity index (χ4v) is 4.95. The fraction of sp³-hybridized carbons (Fsp3) is 0.136. The van der Waals surface area contributed by atoms with E-state index < -0.39 is 0 Å². The van der Waals surface area contributed by atoms with Crippen LogP contribution < -0.4 is 4.90 Å². The van der Waals surface area contributed by atoms with Crippen molar-refractivity contribution in [1.29, 1.82) is 0 Å². The summed E-state index contributed by atoms with van der Waals surface area (Å²) in [5.41, 5.74) is 1.67. The molecule has 2 aromatic heterocycles. The lowest BCUT2D eigenvalue weighted by Crippen LogP contribution is -2.30. The summed E-state index contributed by atoms with van der Waals surface area (Å²) in [5.74, 6) is 0.738. The first kappa shape index (κ1) is 19.9. The van der Waals surface area contributed by atoms with E-state index in [-0.39, 0.29) is 5.91 Å². The summed E-state index contributed by atoms with van der Waals surface area (Å²) in [5, 5.41) is 1.33. The molecule has 0 aliphatic rings. The number of pyridine rings is 1. The number of halogens is 1. The van der Waals surface area contributed by atoms with E-state index in [4.69, 9.17) is 11.6 Å². The SMILES string of the molecule is O=C(CCSc1ccccc1)N(Cc1ccccn1)c1nc2ccc(Cl)cc2s1. The van der Waals surface area contributed by atoms with Gasteiger partial charge < -0.3 is 0 Å². The van der Waals surface area contributed by atoms with Crippen LogP contribution >= 0.6 is 34.7 Å². The number of rotatable bonds is 7. The fourth-order valence-electron chi connectivity index (χ4n) is 2.83. The molecular weight excluding hydrogens is 422 g/mol. The van der Waals surface area contributed by atoms with E-state index in [0.29, 0.717) is 28.9 Å². The van der Waals surface area contributed by atoms with E-state index in [0.717, 1.165) is 20.8 Å². The molecule has 4 rings (SSSR count). The van der Waals surface area contributed by atoms with Gasteiger partial charge in [0.25, 0.3) is 0 Å². The molecular formula is C22H18ClN3OS2. The van der Waals surface area contributed by atoms with Gasteiger partial charge in [-0.1, -0.05) is 47.2 Å². The second-order valence-corrected chi connectivity index (χ2v) is 8.93. The number of carbonyl (C=O) groups is 1. The lowest BCUT2D eigenvalue weighted by Gasteiger charge is -2.19. The predicted octanol–water partition coefficient (Wildman–Crippen LogP) is 6.06. The molecule has 4 nitrogen and oxygen atoms in total. The molecule has 0 radical (unpaired) electrons. The maximum absolute atomic E-state index is 13.1. The Balaban J connectivity index is 1.54. The zero-order chi connectivity index (χ0) is 20.1. The van der Waals surface area contributed by atoms with Crippen LogP contribution in [0.1, 0.15) is 12.1 Å². The van der Waals surface area contributed by atoms with Gasteiger partial charge in [-0.2, -0.15) is 0 Å². The smallest absolute Gasteiger partial charge is 0.229 e. The van der Waals surface area contributed by atoms with Crippen molar-refractivity contribution in [3.63, 3.8) is 0 Å². The number of hydrogen-bond donors (Lipinski definition) is 0. The minimum absolute atomic E-state index is 0.0317. The molecule has 7 heteroatoms. The molecule has 2 heterocycles. The van der Waals surface area contributed by atoms with Gasteiger partial charge in [-0.05, 0) is 42.5 Å². The predicted molar refractivity (Wildman–Crippen MR) is 122 cm³/mol. The van der Waals surface area contributed by atoms with Crippen LogP contribution in [0.4, 0.5) is 5.13 Å². The van der Waals surface area contributed by atoms with Crippen LogP contribution in [0.3, 0.4) is 0 Å². The minimum atomic E-state index is 0.0317. The van der Waals surface area contributed by atoms with Gasteiger partial charge in [0.2, 0.25) is 5.91 Å². The molecule has 0 saturated carbocycles. The van der Waals surface area contributed by atoms with E-state index in [9.17, 15) is 4.79 Å². The molecule has 2 aromatic carbocycles. The van der Waals surface area contributed by atoms with E-state index in [2.05, 4.69) is 22.1 Å². The van der Waals surface area contributed by atoms with Gasteiger partial charge in [0.05, 0.1) is 22.5 Å². The van der Waals surface area contributed by atoms with Crippen molar-refractivity contribution < 1.29 is 4.79 Å². The molecule has 0 atom stereocenters. The number of thioether (sulfide) groups is 1. The first-order valence-corrected chi connectivity index (χ1v) is 11.3. The second-order valence-electron chi connectivity index (χ2n) is 6.32. The first-order chi connectivity index (χ1) is 14.2. The average Bonchev–Trinajstić information content (AvgIpc) is 3.16. The topological polar surface area (TPSA) is 46.1 Å². The number of thiazole rings is 1. The van der Waals surface area contributed by atoms with Crippen LogP contribution in [-0.4, -0.2) is 21.6 Å². The Morgan fingerprint density at radius 1 is 1.07 bits per heavy atom. The molecule has 1 amide bonds. The molecule has 0 unspecified atom stereocenters. The monoisotopic (exact) mass is 439 g/mol. The number of aromatic nitrogens is 2. The van der Waals surface area contributed by atoms with Gasteiger partial charge in [-0.3, -0.25) is 14.7 Å². The highest BCUT2D eigenvalue weighted by Gasteiger charge is 2.20. The summed E-state index contributed by atoms with van der Waals surface area (Å²) < 4.78 is 0.963. The highest BCUT2D eigenvalue weighted by Crippen LogP contribution is 2.32. The number of nitrogens with zero attached hydrogens (tertiary/aromatic N) is 3. The van der Waals surface area contributed by atoms with Crippen molar-refractivity contribution >= 4 is 56.0 Å². The summed E-state index contributed by atoms with van der Waals surface area (Å²) in [6.07, 6.45) is 2.16. The first-order valence-electron chi connectivity index (χ1n) is 9.13. The summed E-state index contributed by atoms with van der Waals surface area (Å²) >= 11 is 9.26. The maximum atomic E-state index is 13.1. The van der Waals surface area contributed by atoms with Gasteiger partial charge >= 0.3 is 0 Å². The van der Waals surface area contributed by atoms with Crippen LogP contribution in [-0.2, 0) is 11.3 Å². The third kappa shape index (κ3) is 5.15. The number of amides is 1. The summed E-state index contributed by atoms with van der Waals surface area (Å²) in [7, 11) is 0. The van der Waals surface area contributed by atoms with E-state index in [1.165, 1.54) is 11.3 Å². The van der Waals surface area contributed by atoms with Crippen LogP contribution in [0.25, 0.3) is 10.2 Å². The largest absolute Gasteiger partial charge is 0.282 e. The summed E-state index contributed by atoms with van der Waals surface area (Å²) in [6, 6.07) is 21.4. The van der Waals surface area contributed by atoms with Crippen molar-refractivity contribution in [1.82, 2.24) is 9.97 Å². The van der Waals surface area contributed by atoms with E-state index >= 15 is 0 Å². The van der Waals surface area contributed by atoms with Gasteiger partial charge in [-0.25, -0.2) is 4.98 Å². The maximum Gasteiger partial charge on any atom is 0.229 e. The number of hydrogen-bond acceptors (Lipinski definition) is 5. The van der Waals surface area contributed by atoms with Crippen LogP contribution in [0.5, 0.6) is 0 Å². The number of carbonyl (C=O) groups excluding carboxylic acids is 1. The molecule has 0 aliphatic heterocycles. The summed E-state index contributed by atoms with van der Waals surface area (Å²) in [4.78, 5) is 25.0. The van der Waals surface area contributed by atoms with Crippen LogP contribution in [0.15, 0.2) is 77.8 Å². The molecule has 0 N–H and O–H groups in total. The van der Waals surface area contributed by atoms with Crippen molar-refractivity contribution in [3.05, 3.63) is 83.6 Å². The van der Waals surface area contributed by atoms with Crippen LogP contribution in [0, 0.1) is 0 Å². The Hall–Kier alpha value is -2.41. The second kappa shape index (κ2) is 9.39. The zero-order valence-electron chi connectivity index (χ0n) is 15.5. The van der Waals surface area contributed by atoms with Crippen molar-refractivity contribution in [3.8, 4) is 0 Å². The van der Waals surface area contributed by atoms with Crippen molar-refractivity contribution in [2.24, 2.45) is 0 Å². The molecule has 4 aromatic rings. The Bertz CT molecular complexity index is 1100. The minimum Gasteiger partial charge on any atom is -0.282 e.